The standard InChI is InChI=1S/C14H25N3/c1-4-15-13(11(2)3)9-17-10-16-12-7-5-6-8-14(12)17/h10-11,13,15H,4-9H2,1-3H3. The third-order valence-electron chi connectivity index (χ3n) is 3.77. The third kappa shape index (κ3) is 2.89. The summed E-state index contributed by atoms with van der Waals surface area (Å²) in [5, 5.41) is 3.58. The number of rotatable bonds is 5. The SMILES string of the molecule is CCNC(Cn1cnc2c1CCCC2)C(C)C. The average Bonchev–Trinajstić information content (AvgIpc) is 2.72. The molecule has 1 N–H and O–H groups in total. The van der Waals surface area contributed by atoms with Crippen molar-refractivity contribution in [2.24, 2.45) is 5.92 Å². The van der Waals surface area contributed by atoms with E-state index in [1.807, 2.05) is 6.33 Å². The Morgan fingerprint density at radius 1 is 1.35 bits per heavy atom. The van der Waals surface area contributed by atoms with E-state index in [1.54, 1.807) is 0 Å². The molecule has 3 nitrogen and oxygen atoms in total. The molecule has 1 aromatic heterocycles. The molecule has 0 bridgehead atoms. The Hall–Kier alpha value is -0.830. The summed E-state index contributed by atoms with van der Waals surface area (Å²) >= 11 is 0. The Balaban J connectivity index is 2.09. The predicted molar refractivity (Wildman–Crippen MR) is 71.2 cm³/mol. The van der Waals surface area contributed by atoms with Gasteiger partial charge in [-0.25, -0.2) is 4.98 Å². The molecule has 1 unspecified atom stereocenters. The zero-order valence-electron chi connectivity index (χ0n) is 11.4. The molecule has 17 heavy (non-hydrogen) atoms. The quantitative estimate of drug-likeness (QED) is 0.849. The van der Waals surface area contributed by atoms with Crippen LogP contribution in [0.1, 0.15) is 45.0 Å². The van der Waals surface area contributed by atoms with E-state index in [2.05, 4.69) is 35.6 Å². The van der Waals surface area contributed by atoms with E-state index in [-0.39, 0.29) is 0 Å². The summed E-state index contributed by atoms with van der Waals surface area (Å²) in [6.07, 6.45) is 7.07. The van der Waals surface area contributed by atoms with Gasteiger partial charge in [0.25, 0.3) is 0 Å². The summed E-state index contributed by atoms with van der Waals surface area (Å²) < 4.78 is 2.38. The van der Waals surface area contributed by atoms with Crippen molar-refractivity contribution in [3.05, 3.63) is 17.7 Å². The van der Waals surface area contributed by atoms with Gasteiger partial charge in [-0.2, -0.15) is 0 Å². The Labute approximate surface area is 105 Å². The fourth-order valence-electron chi connectivity index (χ4n) is 2.67. The van der Waals surface area contributed by atoms with Crippen LogP contribution in [0.15, 0.2) is 6.33 Å². The molecule has 0 aromatic carbocycles. The van der Waals surface area contributed by atoms with Crippen molar-refractivity contribution in [2.45, 2.75) is 59.0 Å². The first-order chi connectivity index (χ1) is 8.22. The largest absolute Gasteiger partial charge is 0.333 e. The minimum atomic E-state index is 0.556. The molecule has 1 atom stereocenters. The molecule has 1 aliphatic rings. The second-order valence-electron chi connectivity index (χ2n) is 5.41. The van der Waals surface area contributed by atoms with Gasteiger partial charge in [-0.1, -0.05) is 20.8 Å². The van der Waals surface area contributed by atoms with Crippen molar-refractivity contribution < 1.29 is 0 Å². The van der Waals surface area contributed by atoms with Crippen LogP contribution in [0, 0.1) is 5.92 Å². The first-order valence-corrected chi connectivity index (χ1v) is 6.98. The lowest BCUT2D eigenvalue weighted by atomic mass is 10.00. The van der Waals surface area contributed by atoms with Crippen molar-refractivity contribution in [3.8, 4) is 0 Å². The van der Waals surface area contributed by atoms with E-state index in [0.29, 0.717) is 12.0 Å². The second kappa shape index (κ2) is 5.67. The van der Waals surface area contributed by atoms with Gasteiger partial charge in [-0.15, -0.1) is 0 Å². The van der Waals surface area contributed by atoms with Crippen molar-refractivity contribution in [1.82, 2.24) is 14.9 Å². The number of nitrogens with one attached hydrogen (secondary N) is 1. The van der Waals surface area contributed by atoms with Gasteiger partial charge in [0.2, 0.25) is 0 Å². The second-order valence-corrected chi connectivity index (χ2v) is 5.41. The van der Waals surface area contributed by atoms with Crippen molar-refractivity contribution in [3.63, 3.8) is 0 Å². The van der Waals surface area contributed by atoms with Gasteiger partial charge < -0.3 is 9.88 Å². The minimum Gasteiger partial charge on any atom is -0.333 e. The monoisotopic (exact) mass is 235 g/mol. The molecule has 3 heteroatoms. The molecule has 0 saturated carbocycles. The van der Waals surface area contributed by atoms with Gasteiger partial charge in [0.05, 0.1) is 12.0 Å². The van der Waals surface area contributed by atoms with Crippen LogP contribution in [0.5, 0.6) is 0 Å². The number of aromatic nitrogens is 2. The zero-order chi connectivity index (χ0) is 12.3. The molecule has 0 amide bonds. The van der Waals surface area contributed by atoms with E-state index in [9.17, 15) is 0 Å². The molecule has 1 heterocycles. The van der Waals surface area contributed by atoms with Crippen LogP contribution in [0.4, 0.5) is 0 Å². The maximum atomic E-state index is 4.56. The van der Waals surface area contributed by atoms with Crippen LogP contribution in [-0.2, 0) is 19.4 Å². The Kier molecular flexibility index (Phi) is 4.21. The van der Waals surface area contributed by atoms with Gasteiger partial charge in [-0.05, 0) is 38.1 Å². The highest BCUT2D eigenvalue weighted by Crippen LogP contribution is 2.20. The molecule has 0 fully saturated rings. The Morgan fingerprint density at radius 2 is 2.12 bits per heavy atom. The fourth-order valence-corrected chi connectivity index (χ4v) is 2.67. The molecular formula is C14H25N3. The van der Waals surface area contributed by atoms with Gasteiger partial charge >= 0.3 is 0 Å². The molecule has 96 valence electrons. The summed E-state index contributed by atoms with van der Waals surface area (Å²) in [5.41, 5.74) is 2.83. The Bertz CT molecular complexity index is 354. The van der Waals surface area contributed by atoms with E-state index >= 15 is 0 Å². The van der Waals surface area contributed by atoms with Crippen molar-refractivity contribution in [1.29, 1.82) is 0 Å². The topological polar surface area (TPSA) is 29.9 Å². The van der Waals surface area contributed by atoms with Crippen LogP contribution in [0.25, 0.3) is 0 Å². The summed E-state index contributed by atoms with van der Waals surface area (Å²) in [4.78, 5) is 4.56. The molecule has 2 rings (SSSR count). The number of fused-ring (bicyclic) bond motifs is 1. The van der Waals surface area contributed by atoms with Gasteiger partial charge in [0.1, 0.15) is 0 Å². The van der Waals surface area contributed by atoms with Crippen molar-refractivity contribution >= 4 is 0 Å². The normalized spacial score (nSPS) is 17.2. The van der Waals surface area contributed by atoms with Gasteiger partial charge in [0, 0.05) is 18.3 Å². The third-order valence-corrected chi connectivity index (χ3v) is 3.77. The number of aryl methyl sites for hydroxylation is 1. The molecular weight excluding hydrogens is 210 g/mol. The maximum absolute atomic E-state index is 4.56. The molecule has 0 radical (unpaired) electrons. The van der Waals surface area contributed by atoms with Crippen molar-refractivity contribution in [2.75, 3.05) is 6.54 Å². The first-order valence-electron chi connectivity index (χ1n) is 6.98. The van der Waals surface area contributed by atoms with E-state index in [4.69, 9.17) is 0 Å². The lowest BCUT2D eigenvalue weighted by Crippen LogP contribution is -2.37. The van der Waals surface area contributed by atoms with Gasteiger partial charge in [-0.3, -0.25) is 0 Å². The fraction of sp³-hybridized carbons (Fsp3) is 0.786. The molecule has 0 saturated heterocycles. The van der Waals surface area contributed by atoms with E-state index in [0.717, 1.165) is 13.1 Å². The predicted octanol–water partition coefficient (Wildman–Crippen LogP) is 2.40. The van der Waals surface area contributed by atoms with Crippen LogP contribution in [0.2, 0.25) is 0 Å². The number of likely N-dealkylation sites (N-methyl/N-ethyl adjacent to an activating group) is 1. The first kappa shape index (κ1) is 12.6. The minimum absolute atomic E-state index is 0.556. The summed E-state index contributed by atoms with van der Waals surface area (Å²) in [6.45, 7) is 8.86. The average molecular weight is 235 g/mol. The van der Waals surface area contributed by atoms with E-state index < -0.39 is 0 Å². The summed E-state index contributed by atoms with van der Waals surface area (Å²) in [5.74, 6) is 0.664. The van der Waals surface area contributed by atoms with E-state index in [1.165, 1.54) is 37.1 Å². The summed E-state index contributed by atoms with van der Waals surface area (Å²) in [6, 6.07) is 0.556. The lowest BCUT2D eigenvalue weighted by molar-refractivity contribution is 0.357. The number of nitrogens with zero attached hydrogens (tertiary/aromatic N) is 2. The maximum Gasteiger partial charge on any atom is 0.0952 e. The smallest absolute Gasteiger partial charge is 0.0952 e. The number of imidazole rings is 1. The van der Waals surface area contributed by atoms with Crippen LogP contribution >= 0.6 is 0 Å². The van der Waals surface area contributed by atoms with Crippen LogP contribution in [0.3, 0.4) is 0 Å². The van der Waals surface area contributed by atoms with Crippen LogP contribution < -0.4 is 5.32 Å². The number of hydrogen-bond donors (Lipinski definition) is 1. The molecule has 0 aliphatic heterocycles. The zero-order valence-corrected chi connectivity index (χ0v) is 11.4. The summed E-state index contributed by atoms with van der Waals surface area (Å²) in [7, 11) is 0. The highest BCUT2D eigenvalue weighted by atomic mass is 15.1. The molecule has 1 aliphatic carbocycles. The highest BCUT2D eigenvalue weighted by molar-refractivity contribution is 5.16. The van der Waals surface area contributed by atoms with Crippen LogP contribution in [-0.4, -0.2) is 22.1 Å². The molecule has 0 spiro atoms. The Morgan fingerprint density at radius 3 is 2.82 bits per heavy atom. The highest BCUT2D eigenvalue weighted by Gasteiger charge is 2.18. The molecule has 1 aromatic rings. The lowest BCUT2D eigenvalue weighted by Gasteiger charge is -2.24. The number of hydrogen-bond acceptors (Lipinski definition) is 2. The van der Waals surface area contributed by atoms with Gasteiger partial charge in [0.15, 0.2) is 0 Å².